The van der Waals surface area contributed by atoms with Crippen molar-refractivity contribution in [1.82, 2.24) is 25.2 Å². The Morgan fingerprint density at radius 1 is 1.23 bits per heavy atom. The number of rotatable bonds is 7. The fourth-order valence-corrected chi connectivity index (χ4v) is 3.34. The van der Waals surface area contributed by atoms with Crippen LogP contribution in [0.2, 0.25) is 0 Å². The van der Waals surface area contributed by atoms with Crippen molar-refractivity contribution in [2.75, 3.05) is 20.1 Å². The third kappa shape index (κ3) is 5.66. The van der Waals surface area contributed by atoms with Gasteiger partial charge < -0.3 is 15.2 Å². The molecule has 6 nitrogen and oxygen atoms in total. The van der Waals surface area contributed by atoms with Gasteiger partial charge in [0.15, 0.2) is 5.96 Å². The number of fused-ring (bicyclic) bond motifs is 1. The van der Waals surface area contributed by atoms with Gasteiger partial charge in [0.05, 0.1) is 28.1 Å². The van der Waals surface area contributed by atoms with Gasteiger partial charge in [-0.05, 0) is 25.5 Å². The van der Waals surface area contributed by atoms with Crippen molar-refractivity contribution in [2.24, 2.45) is 4.99 Å². The second-order valence-corrected chi connectivity index (χ2v) is 6.88. The van der Waals surface area contributed by atoms with Crippen LogP contribution in [-0.2, 0) is 13.0 Å². The number of aryl methyl sites for hydroxylation is 2. The summed E-state index contributed by atoms with van der Waals surface area (Å²) in [5.41, 5.74) is 3.37. The number of aliphatic imine (C=N–C) groups is 1. The molecule has 0 aliphatic rings. The molecule has 0 spiro atoms. The molecule has 0 saturated carbocycles. The van der Waals surface area contributed by atoms with Crippen molar-refractivity contribution in [2.45, 2.75) is 26.3 Å². The summed E-state index contributed by atoms with van der Waals surface area (Å²) < 4.78 is 2.19. The second-order valence-electron chi connectivity index (χ2n) is 5.81. The standard InChI is InChI=1S/C18H24N6S.HI/c1-14-23-15(12-25-14)8-10-21-18(19-2)20-9-5-11-24-13-22-16-6-3-4-7-17(16)24;/h3-4,6-7,12-13H,5,8-11H2,1-2H3,(H2,19,20,21);1H. The smallest absolute Gasteiger partial charge is 0.190 e. The van der Waals surface area contributed by atoms with Crippen LogP contribution in [0.3, 0.4) is 0 Å². The zero-order valence-electron chi connectivity index (χ0n) is 15.1. The fraction of sp³-hybridized carbons (Fsp3) is 0.389. The zero-order chi connectivity index (χ0) is 17.5. The van der Waals surface area contributed by atoms with Crippen molar-refractivity contribution >= 4 is 52.3 Å². The van der Waals surface area contributed by atoms with Gasteiger partial charge in [-0.3, -0.25) is 4.99 Å². The van der Waals surface area contributed by atoms with E-state index in [1.54, 1.807) is 18.4 Å². The van der Waals surface area contributed by atoms with Crippen LogP contribution in [-0.4, -0.2) is 40.6 Å². The number of thiazole rings is 1. The lowest BCUT2D eigenvalue weighted by molar-refractivity contribution is 0.636. The molecule has 0 aliphatic heterocycles. The van der Waals surface area contributed by atoms with E-state index >= 15 is 0 Å². The van der Waals surface area contributed by atoms with Crippen molar-refractivity contribution in [3.63, 3.8) is 0 Å². The molecular formula is C18H25IN6S. The molecule has 0 radical (unpaired) electrons. The number of aromatic nitrogens is 3. The molecule has 26 heavy (non-hydrogen) atoms. The first-order valence-corrected chi connectivity index (χ1v) is 9.39. The molecule has 0 fully saturated rings. The summed E-state index contributed by atoms with van der Waals surface area (Å²) in [4.78, 5) is 13.2. The number of guanidine groups is 1. The van der Waals surface area contributed by atoms with Crippen molar-refractivity contribution in [1.29, 1.82) is 0 Å². The van der Waals surface area contributed by atoms with Crippen molar-refractivity contribution in [3.8, 4) is 0 Å². The predicted molar refractivity (Wildman–Crippen MR) is 120 cm³/mol. The largest absolute Gasteiger partial charge is 0.356 e. The lowest BCUT2D eigenvalue weighted by Gasteiger charge is -2.11. The van der Waals surface area contributed by atoms with Crippen LogP contribution in [0, 0.1) is 6.92 Å². The monoisotopic (exact) mass is 484 g/mol. The summed E-state index contributed by atoms with van der Waals surface area (Å²) >= 11 is 1.69. The highest BCUT2D eigenvalue weighted by atomic mass is 127. The molecule has 0 saturated heterocycles. The molecule has 0 amide bonds. The molecule has 140 valence electrons. The SMILES string of the molecule is CN=C(NCCCn1cnc2ccccc21)NCCc1csc(C)n1.I. The Labute approximate surface area is 175 Å². The Kier molecular flexibility index (Phi) is 8.30. The quantitative estimate of drug-likeness (QED) is 0.234. The lowest BCUT2D eigenvalue weighted by atomic mass is 10.3. The molecular weight excluding hydrogens is 459 g/mol. The number of halogens is 1. The van der Waals surface area contributed by atoms with Crippen molar-refractivity contribution in [3.05, 3.63) is 46.7 Å². The highest BCUT2D eigenvalue weighted by molar-refractivity contribution is 14.0. The molecule has 0 aliphatic carbocycles. The summed E-state index contributed by atoms with van der Waals surface area (Å²) in [6.07, 6.45) is 3.83. The molecule has 0 atom stereocenters. The molecule has 1 aromatic carbocycles. The van der Waals surface area contributed by atoms with E-state index in [1.807, 2.05) is 31.5 Å². The first kappa shape index (κ1) is 20.6. The zero-order valence-corrected chi connectivity index (χ0v) is 18.3. The van der Waals surface area contributed by atoms with E-state index in [4.69, 9.17) is 0 Å². The van der Waals surface area contributed by atoms with Gasteiger partial charge in [-0.25, -0.2) is 9.97 Å². The number of nitrogens with one attached hydrogen (secondary N) is 2. The summed E-state index contributed by atoms with van der Waals surface area (Å²) in [5, 5.41) is 9.92. The number of imidazole rings is 1. The fourth-order valence-electron chi connectivity index (χ4n) is 2.70. The Morgan fingerprint density at radius 2 is 2.04 bits per heavy atom. The lowest BCUT2D eigenvalue weighted by Crippen LogP contribution is -2.39. The molecule has 3 aromatic rings. The minimum atomic E-state index is 0. The maximum Gasteiger partial charge on any atom is 0.190 e. The van der Waals surface area contributed by atoms with Crippen LogP contribution < -0.4 is 10.6 Å². The summed E-state index contributed by atoms with van der Waals surface area (Å²) in [7, 11) is 1.80. The summed E-state index contributed by atoms with van der Waals surface area (Å²) in [6, 6.07) is 8.22. The van der Waals surface area contributed by atoms with Crippen LogP contribution in [0.1, 0.15) is 17.1 Å². The van der Waals surface area contributed by atoms with E-state index in [9.17, 15) is 0 Å². The Balaban J connectivity index is 0.00000243. The van der Waals surface area contributed by atoms with Gasteiger partial charge in [-0.2, -0.15) is 0 Å². The van der Waals surface area contributed by atoms with Gasteiger partial charge in [0.2, 0.25) is 0 Å². The van der Waals surface area contributed by atoms with E-state index in [1.165, 1.54) is 5.52 Å². The van der Waals surface area contributed by atoms with Crippen LogP contribution >= 0.6 is 35.3 Å². The summed E-state index contributed by atoms with van der Waals surface area (Å²) in [5.74, 6) is 0.836. The predicted octanol–water partition coefficient (Wildman–Crippen LogP) is 3.22. The molecule has 0 unspecified atom stereocenters. The molecule has 2 heterocycles. The molecule has 2 aromatic heterocycles. The first-order chi connectivity index (χ1) is 12.3. The third-order valence-electron chi connectivity index (χ3n) is 3.96. The van der Waals surface area contributed by atoms with Gasteiger partial charge in [0.1, 0.15) is 0 Å². The normalized spacial score (nSPS) is 11.4. The highest BCUT2D eigenvalue weighted by Crippen LogP contribution is 2.11. The van der Waals surface area contributed by atoms with Crippen LogP contribution in [0.15, 0.2) is 41.0 Å². The number of hydrogen-bond acceptors (Lipinski definition) is 4. The maximum atomic E-state index is 4.47. The number of para-hydroxylation sites is 2. The molecule has 8 heteroatoms. The van der Waals surface area contributed by atoms with E-state index in [-0.39, 0.29) is 24.0 Å². The van der Waals surface area contributed by atoms with E-state index < -0.39 is 0 Å². The third-order valence-corrected chi connectivity index (χ3v) is 4.78. The van der Waals surface area contributed by atoms with E-state index in [2.05, 4.69) is 41.6 Å². The average Bonchev–Trinajstić information content (AvgIpc) is 3.23. The topological polar surface area (TPSA) is 67.1 Å². The number of nitrogens with zero attached hydrogens (tertiary/aromatic N) is 4. The van der Waals surface area contributed by atoms with Crippen molar-refractivity contribution < 1.29 is 0 Å². The van der Waals surface area contributed by atoms with Gasteiger partial charge in [-0.15, -0.1) is 35.3 Å². The highest BCUT2D eigenvalue weighted by Gasteiger charge is 2.02. The Bertz CT molecular complexity index is 841. The summed E-state index contributed by atoms with van der Waals surface area (Å²) in [6.45, 7) is 4.66. The Hall–Kier alpha value is -1.68. The van der Waals surface area contributed by atoms with Gasteiger partial charge >= 0.3 is 0 Å². The van der Waals surface area contributed by atoms with Crippen LogP contribution in [0.5, 0.6) is 0 Å². The average molecular weight is 484 g/mol. The van der Waals surface area contributed by atoms with Crippen LogP contribution in [0.4, 0.5) is 0 Å². The Morgan fingerprint density at radius 3 is 2.81 bits per heavy atom. The number of benzene rings is 1. The van der Waals surface area contributed by atoms with Crippen LogP contribution in [0.25, 0.3) is 11.0 Å². The number of hydrogen-bond donors (Lipinski definition) is 2. The molecule has 0 bridgehead atoms. The second kappa shape index (κ2) is 10.5. The first-order valence-electron chi connectivity index (χ1n) is 8.51. The minimum absolute atomic E-state index is 0. The minimum Gasteiger partial charge on any atom is -0.356 e. The molecule has 2 N–H and O–H groups in total. The maximum absolute atomic E-state index is 4.47. The molecule has 3 rings (SSSR count). The van der Waals surface area contributed by atoms with Gasteiger partial charge in [0, 0.05) is 38.5 Å². The van der Waals surface area contributed by atoms with Gasteiger partial charge in [-0.1, -0.05) is 12.1 Å². The van der Waals surface area contributed by atoms with E-state index in [0.717, 1.165) is 54.7 Å². The van der Waals surface area contributed by atoms with Gasteiger partial charge in [0.25, 0.3) is 0 Å². The van der Waals surface area contributed by atoms with E-state index in [0.29, 0.717) is 0 Å².